The summed E-state index contributed by atoms with van der Waals surface area (Å²) in [5.74, 6) is 0.289. The standard InChI is InChI=1S/C12H23NO3/c1-9-4-7-16-10(9)11(15)13-8-12(2,3)5-6-14/h9-10,14H,4-8H2,1-3H3,(H,13,15). The molecule has 0 radical (unpaired) electrons. The lowest BCUT2D eigenvalue weighted by Crippen LogP contribution is -2.42. The van der Waals surface area contributed by atoms with E-state index in [0.717, 1.165) is 6.42 Å². The highest BCUT2D eigenvalue weighted by atomic mass is 16.5. The maximum absolute atomic E-state index is 11.8. The lowest BCUT2D eigenvalue weighted by Gasteiger charge is -2.25. The van der Waals surface area contributed by atoms with Crippen molar-refractivity contribution in [2.24, 2.45) is 11.3 Å². The zero-order valence-electron chi connectivity index (χ0n) is 10.5. The van der Waals surface area contributed by atoms with E-state index < -0.39 is 0 Å². The summed E-state index contributed by atoms with van der Waals surface area (Å²) in [6.07, 6.45) is 1.36. The molecular formula is C12H23NO3. The summed E-state index contributed by atoms with van der Waals surface area (Å²) in [7, 11) is 0. The summed E-state index contributed by atoms with van der Waals surface area (Å²) in [6.45, 7) is 7.51. The van der Waals surface area contributed by atoms with Gasteiger partial charge in [-0.1, -0.05) is 20.8 Å². The van der Waals surface area contributed by atoms with Crippen molar-refractivity contribution in [3.8, 4) is 0 Å². The average molecular weight is 229 g/mol. The predicted molar refractivity (Wildman–Crippen MR) is 62.0 cm³/mol. The molecule has 1 saturated heterocycles. The van der Waals surface area contributed by atoms with Crippen LogP contribution in [0, 0.1) is 11.3 Å². The van der Waals surface area contributed by atoms with Gasteiger partial charge in [-0.2, -0.15) is 0 Å². The maximum Gasteiger partial charge on any atom is 0.249 e. The van der Waals surface area contributed by atoms with Crippen molar-refractivity contribution in [3.05, 3.63) is 0 Å². The summed E-state index contributed by atoms with van der Waals surface area (Å²) in [5, 5.41) is 11.8. The summed E-state index contributed by atoms with van der Waals surface area (Å²) in [5.41, 5.74) is -0.0632. The lowest BCUT2D eigenvalue weighted by molar-refractivity contribution is -0.132. The van der Waals surface area contributed by atoms with Crippen molar-refractivity contribution >= 4 is 5.91 Å². The first kappa shape index (κ1) is 13.5. The van der Waals surface area contributed by atoms with E-state index in [0.29, 0.717) is 25.5 Å². The fourth-order valence-corrected chi connectivity index (χ4v) is 1.85. The molecule has 0 aromatic rings. The van der Waals surface area contributed by atoms with Crippen LogP contribution in [-0.2, 0) is 9.53 Å². The normalized spacial score (nSPS) is 25.8. The summed E-state index contributed by atoms with van der Waals surface area (Å²) < 4.78 is 5.39. The van der Waals surface area contributed by atoms with Gasteiger partial charge in [0, 0.05) is 19.8 Å². The van der Waals surface area contributed by atoms with Crippen LogP contribution in [0.4, 0.5) is 0 Å². The van der Waals surface area contributed by atoms with Gasteiger partial charge in [0.1, 0.15) is 6.10 Å². The van der Waals surface area contributed by atoms with Crippen molar-refractivity contribution in [2.75, 3.05) is 19.8 Å². The molecular weight excluding hydrogens is 206 g/mol. The number of aliphatic hydroxyl groups is 1. The van der Waals surface area contributed by atoms with E-state index in [4.69, 9.17) is 9.84 Å². The van der Waals surface area contributed by atoms with Gasteiger partial charge in [-0.05, 0) is 24.2 Å². The zero-order valence-corrected chi connectivity index (χ0v) is 10.5. The van der Waals surface area contributed by atoms with Gasteiger partial charge in [-0.25, -0.2) is 0 Å². The van der Waals surface area contributed by atoms with Crippen LogP contribution in [0.5, 0.6) is 0 Å². The summed E-state index contributed by atoms with van der Waals surface area (Å²) >= 11 is 0. The molecule has 1 amide bonds. The Morgan fingerprint density at radius 2 is 2.25 bits per heavy atom. The SMILES string of the molecule is CC1CCOC1C(=O)NCC(C)(C)CCO. The molecule has 1 heterocycles. The van der Waals surface area contributed by atoms with E-state index in [1.807, 2.05) is 20.8 Å². The second-order valence-electron chi connectivity index (χ2n) is 5.41. The lowest BCUT2D eigenvalue weighted by atomic mass is 9.89. The molecule has 0 bridgehead atoms. The van der Waals surface area contributed by atoms with Crippen molar-refractivity contribution < 1.29 is 14.6 Å². The molecule has 94 valence electrons. The minimum Gasteiger partial charge on any atom is -0.396 e. The average Bonchev–Trinajstić information content (AvgIpc) is 2.61. The quantitative estimate of drug-likeness (QED) is 0.737. The maximum atomic E-state index is 11.8. The molecule has 2 unspecified atom stereocenters. The number of carbonyl (C=O) groups is 1. The van der Waals surface area contributed by atoms with E-state index in [1.54, 1.807) is 0 Å². The highest BCUT2D eigenvalue weighted by Gasteiger charge is 2.31. The van der Waals surface area contributed by atoms with Crippen LogP contribution in [0.1, 0.15) is 33.6 Å². The van der Waals surface area contributed by atoms with Crippen LogP contribution < -0.4 is 5.32 Å². The van der Waals surface area contributed by atoms with E-state index in [-0.39, 0.29) is 24.0 Å². The minimum absolute atomic E-state index is 0.0176. The second kappa shape index (κ2) is 5.64. The zero-order chi connectivity index (χ0) is 12.2. The number of nitrogens with one attached hydrogen (secondary N) is 1. The number of carbonyl (C=O) groups excluding carboxylic acids is 1. The number of aliphatic hydroxyl groups excluding tert-OH is 1. The van der Waals surface area contributed by atoms with Crippen LogP contribution >= 0.6 is 0 Å². The molecule has 4 nitrogen and oxygen atoms in total. The molecule has 2 N–H and O–H groups in total. The summed E-state index contributed by atoms with van der Waals surface area (Å²) in [6, 6.07) is 0. The van der Waals surface area contributed by atoms with Crippen LogP contribution in [0.3, 0.4) is 0 Å². The molecule has 0 saturated carbocycles. The van der Waals surface area contributed by atoms with Gasteiger partial charge in [0.2, 0.25) is 5.91 Å². The van der Waals surface area contributed by atoms with Gasteiger partial charge in [-0.3, -0.25) is 4.79 Å². The molecule has 1 fully saturated rings. The Balaban J connectivity index is 2.34. The molecule has 4 heteroatoms. The number of hydrogen-bond acceptors (Lipinski definition) is 3. The van der Waals surface area contributed by atoms with Crippen LogP contribution in [0.2, 0.25) is 0 Å². The monoisotopic (exact) mass is 229 g/mol. The van der Waals surface area contributed by atoms with Crippen molar-refractivity contribution in [2.45, 2.75) is 39.7 Å². The van der Waals surface area contributed by atoms with E-state index in [2.05, 4.69) is 5.32 Å². The number of amides is 1. The topological polar surface area (TPSA) is 58.6 Å². The fraction of sp³-hybridized carbons (Fsp3) is 0.917. The predicted octanol–water partition coefficient (Wildman–Crippen LogP) is 0.936. The molecule has 16 heavy (non-hydrogen) atoms. The van der Waals surface area contributed by atoms with Gasteiger partial charge in [-0.15, -0.1) is 0 Å². The van der Waals surface area contributed by atoms with E-state index in [9.17, 15) is 4.79 Å². The smallest absolute Gasteiger partial charge is 0.249 e. The van der Waals surface area contributed by atoms with Gasteiger partial charge >= 0.3 is 0 Å². The first-order chi connectivity index (χ1) is 7.46. The van der Waals surface area contributed by atoms with Crippen molar-refractivity contribution in [3.63, 3.8) is 0 Å². The molecule has 1 aliphatic heterocycles. The molecule has 2 atom stereocenters. The highest BCUT2D eigenvalue weighted by molar-refractivity contribution is 5.81. The Hall–Kier alpha value is -0.610. The molecule has 0 aromatic heterocycles. The molecule has 1 aliphatic rings. The number of rotatable bonds is 5. The highest BCUT2D eigenvalue weighted by Crippen LogP contribution is 2.21. The molecule has 0 aromatic carbocycles. The van der Waals surface area contributed by atoms with Gasteiger partial charge < -0.3 is 15.2 Å². The largest absolute Gasteiger partial charge is 0.396 e. The Morgan fingerprint density at radius 3 is 2.75 bits per heavy atom. The number of hydrogen-bond donors (Lipinski definition) is 2. The third-order valence-corrected chi connectivity index (χ3v) is 3.18. The van der Waals surface area contributed by atoms with Crippen LogP contribution in [0.25, 0.3) is 0 Å². The fourth-order valence-electron chi connectivity index (χ4n) is 1.85. The van der Waals surface area contributed by atoms with E-state index >= 15 is 0 Å². The Morgan fingerprint density at radius 1 is 1.56 bits per heavy atom. The number of ether oxygens (including phenoxy) is 1. The van der Waals surface area contributed by atoms with Gasteiger partial charge in [0.25, 0.3) is 0 Å². The minimum atomic E-state index is -0.287. The Bertz CT molecular complexity index is 240. The third kappa shape index (κ3) is 3.76. The van der Waals surface area contributed by atoms with Gasteiger partial charge in [0.15, 0.2) is 0 Å². The first-order valence-corrected chi connectivity index (χ1v) is 5.96. The van der Waals surface area contributed by atoms with E-state index in [1.165, 1.54) is 0 Å². The van der Waals surface area contributed by atoms with Gasteiger partial charge in [0.05, 0.1) is 0 Å². The van der Waals surface area contributed by atoms with Crippen LogP contribution in [0.15, 0.2) is 0 Å². The second-order valence-corrected chi connectivity index (χ2v) is 5.41. The first-order valence-electron chi connectivity index (χ1n) is 5.96. The van der Waals surface area contributed by atoms with Crippen molar-refractivity contribution in [1.82, 2.24) is 5.32 Å². The van der Waals surface area contributed by atoms with Crippen molar-refractivity contribution in [1.29, 1.82) is 0 Å². The Labute approximate surface area is 97.4 Å². The molecule has 0 spiro atoms. The summed E-state index contributed by atoms with van der Waals surface area (Å²) in [4.78, 5) is 11.8. The molecule has 0 aliphatic carbocycles. The molecule has 1 rings (SSSR count). The third-order valence-electron chi connectivity index (χ3n) is 3.18. The van der Waals surface area contributed by atoms with Crippen LogP contribution in [-0.4, -0.2) is 36.9 Å². The Kier molecular flexibility index (Phi) is 4.74.